The van der Waals surface area contributed by atoms with Crippen LogP contribution in [-0.2, 0) is 0 Å². The molecule has 0 unspecified atom stereocenters. The van der Waals surface area contributed by atoms with Crippen LogP contribution in [-0.4, -0.2) is 5.71 Å². The van der Waals surface area contributed by atoms with E-state index in [0.717, 1.165) is 17.8 Å². The van der Waals surface area contributed by atoms with Crippen molar-refractivity contribution < 1.29 is 0 Å². The maximum Gasteiger partial charge on any atom is 0.0831 e. The summed E-state index contributed by atoms with van der Waals surface area (Å²) in [4.78, 5) is 0. The summed E-state index contributed by atoms with van der Waals surface area (Å²) in [7, 11) is 0. The van der Waals surface area contributed by atoms with E-state index in [1.807, 2.05) is 6.07 Å². The molecule has 5 rings (SSSR count). The van der Waals surface area contributed by atoms with Gasteiger partial charge in [0.25, 0.3) is 0 Å². The summed E-state index contributed by atoms with van der Waals surface area (Å²) in [6.45, 7) is 0. The Bertz CT molecular complexity index is 1100. The number of anilines is 1. The SMILES string of the molecule is c1ccc([C@H]2CC(c3cccc4ccccc34)=NN2c2ccccc2)cc1. The molecule has 1 atom stereocenters. The molecule has 0 saturated carbocycles. The van der Waals surface area contributed by atoms with Gasteiger partial charge in [-0.3, -0.25) is 5.01 Å². The molecule has 27 heavy (non-hydrogen) atoms. The third-order valence-electron chi connectivity index (χ3n) is 5.22. The van der Waals surface area contributed by atoms with Crippen LogP contribution in [0.15, 0.2) is 108 Å². The Hall–Kier alpha value is -3.39. The Morgan fingerprint density at radius 1 is 0.667 bits per heavy atom. The Balaban J connectivity index is 1.63. The largest absolute Gasteiger partial charge is 0.257 e. The summed E-state index contributed by atoms with van der Waals surface area (Å²) < 4.78 is 0. The fourth-order valence-corrected chi connectivity index (χ4v) is 3.90. The lowest BCUT2D eigenvalue weighted by Gasteiger charge is -2.23. The molecule has 2 heteroatoms. The Kier molecular flexibility index (Phi) is 3.95. The van der Waals surface area contributed by atoms with Crippen molar-refractivity contribution in [3.63, 3.8) is 0 Å². The molecule has 1 aliphatic heterocycles. The van der Waals surface area contributed by atoms with Crippen molar-refractivity contribution >= 4 is 22.2 Å². The molecular formula is C25H20N2. The maximum absolute atomic E-state index is 5.09. The smallest absolute Gasteiger partial charge is 0.0831 e. The molecule has 0 spiro atoms. The van der Waals surface area contributed by atoms with Crippen molar-refractivity contribution in [1.82, 2.24) is 0 Å². The second-order valence-electron chi connectivity index (χ2n) is 6.88. The highest BCUT2D eigenvalue weighted by molar-refractivity contribution is 6.12. The van der Waals surface area contributed by atoms with Gasteiger partial charge < -0.3 is 0 Å². The van der Waals surface area contributed by atoms with Gasteiger partial charge in [-0.25, -0.2) is 0 Å². The minimum Gasteiger partial charge on any atom is -0.257 e. The predicted octanol–water partition coefficient (Wildman–Crippen LogP) is 6.20. The molecule has 0 aliphatic carbocycles. The summed E-state index contributed by atoms with van der Waals surface area (Å²) in [5.41, 5.74) is 4.79. The van der Waals surface area contributed by atoms with E-state index in [1.54, 1.807) is 0 Å². The van der Waals surface area contributed by atoms with E-state index >= 15 is 0 Å². The molecule has 0 aromatic heterocycles. The van der Waals surface area contributed by atoms with Gasteiger partial charge in [-0.05, 0) is 28.5 Å². The molecule has 2 nitrogen and oxygen atoms in total. The topological polar surface area (TPSA) is 15.6 Å². The number of benzene rings is 4. The predicted molar refractivity (Wildman–Crippen MR) is 113 cm³/mol. The van der Waals surface area contributed by atoms with E-state index in [1.165, 1.54) is 21.9 Å². The van der Waals surface area contributed by atoms with Gasteiger partial charge in [0.05, 0.1) is 17.4 Å². The number of rotatable bonds is 3. The zero-order valence-electron chi connectivity index (χ0n) is 15.0. The lowest BCUT2D eigenvalue weighted by atomic mass is 9.95. The molecular weight excluding hydrogens is 328 g/mol. The monoisotopic (exact) mass is 348 g/mol. The standard InChI is InChI=1S/C25H20N2/c1-3-11-20(12-4-1)25-18-24(26-27(25)21-14-5-2-6-15-21)23-17-9-13-19-10-7-8-16-22(19)23/h1-17,25H,18H2/t25-/m1/s1. The molecule has 4 aromatic carbocycles. The molecule has 0 fully saturated rings. The highest BCUT2D eigenvalue weighted by Gasteiger charge is 2.30. The number of hydrogen-bond acceptors (Lipinski definition) is 2. The van der Waals surface area contributed by atoms with Crippen LogP contribution in [0.1, 0.15) is 23.6 Å². The molecule has 130 valence electrons. The summed E-state index contributed by atoms with van der Waals surface area (Å²) in [5.74, 6) is 0. The average Bonchev–Trinajstić information content (AvgIpc) is 3.20. The minimum absolute atomic E-state index is 0.211. The normalized spacial score (nSPS) is 16.5. The van der Waals surface area contributed by atoms with E-state index in [9.17, 15) is 0 Å². The molecule has 4 aromatic rings. The summed E-state index contributed by atoms with van der Waals surface area (Å²) >= 11 is 0. The van der Waals surface area contributed by atoms with Crippen molar-refractivity contribution in [2.45, 2.75) is 12.5 Å². The number of fused-ring (bicyclic) bond motifs is 1. The van der Waals surface area contributed by atoms with Gasteiger partial charge in [-0.2, -0.15) is 5.10 Å². The molecule has 0 radical (unpaired) electrons. The Morgan fingerprint density at radius 2 is 1.33 bits per heavy atom. The lowest BCUT2D eigenvalue weighted by molar-refractivity contribution is 0.709. The van der Waals surface area contributed by atoms with E-state index < -0.39 is 0 Å². The zero-order valence-corrected chi connectivity index (χ0v) is 15.0. The third-order valence-corrected chi connectivity index (χ3v) is 5.22. The van der Waals surface area contributed by atoms with Gasteiger partial charge in [0.2, 0.25) is 0 Å². The highest BCUT2D eigenvalue weighted by atomic mass is 15.5. The molecule has 0 N–H and O–H groups in total. The van der Waals surface area contributed by atoms with Gasteiger partial charge in [0.15, 0.2) is 0 Å². The second kappa shape index (κ2) is 6.73. The van der Waals surface area contributed by atoms with Gasteiger partial charge in [0.1, 0.15) is 0 Å². The van der Waals surface area contributed by atoms with Crippen molar-refractivity contribution in [3.05, 3.63) is 114 Å². The van der Waals surface area contributed by atoms with Gasteiger partial charge in [-0.1, -0.05) is 91.0 Å². The fraction of sp³-hybridized carbons (Fsp3) is 0.0800. The van der Waals surface area contributed by atoms with Crippen LogP contribution in [0.2, 0.25) is 0 Å². The number of hydrogen-bond donors (Lipinski definition) is 0. The van der Waals surface area contributed by atoms with Crippen LogP contribution >= 0.6 is 0 Å². The summed E-state index contributed by atoms with van der Waals surface area (Å²) in [6.07, 6.45) is 0.896. The van der Waals surface area contributed by atoms with Crippen LogP contribution in [0, 0.1) is 0 Å². The first kappa shape index (κ1) is 15.8. The quantitative estimate of drug-likeness (QED) is 0.431. The van der Waals surface area contributed by atoms with E-state index in [0.29, 0.717) is 0 Å². The van der Waals surface area contributed by atoms with Crippen LogP contribution in [0.4, 0.5) is 5.69 Å². The van der Waals surface area contributed by atoms with E-state index in [4.69, 9.17) is 5.10 Å². The van der Waals surface area contributed by atoms with Crippen molar-refractivity contribution in [3.8, 4) is 0 Å². The van der Waals surface area contributed by atoms with E-state index in [-0.39, 0.29) is 6.04 Å². The van der Waals surface area contributed by atoms with Crippen molar-refractivity contribution in [1.29, 1.82) is 0 Å². The first-order valence-electron chi connectivity index (χ1n) is 9.35. The van der Waals surface area contributed by atoms with Gasteiger partial charge >= 0.3 is 0 Å². The lowest BCUT2D eigenvalue weighted by Crippen LogP contribution is -2.18. The maximum atomic E-state index is 5.09. The molecule has 1 aliphatic rings. The Morgan fingerprint density at radius 3 is 2.15 bits per heavy atom. The minimum atomic E-state index is 0.211. The molecule has 0 bridgehead atoms. The number of hydrazone groups is 1. The number of nitrogens with zero attached hydrogens (tertiary/aromatic N) is 2. The summed E-state index contributed by atoms with van der Waals surface area (Å²) in [6, 6.07) is 36.4. The van der Waals surface area contributed by atoms with Crippen molar-refractivity contribution in [2.75, 3.05) is 5.01 Å². The highest BCUT2D eigenvalue weighted by Crippen LogP contribution is 2.37. The van der Waals surface area contributed by atoms with Crippen molar-refractivity contribution in [2.24, 2.45) is 5.10 Å². The average molecular weight is 348 g/mol. The van der Waals surface area contributed by atoms with Gasteiger partial charge in [0, 0.05) is 12.0 Å². The number of para-hydroxylation sites is 1. The van der Waals surface area contributed by atoms with Gasteiger partial charge in [-0.15, -0.1) is 0 Å². The van der Waals surface area contributed by atoms with Crippen LogP contribution in [0.5, 0.6) is 0 Å². The van der Waals surface area contributed by atoms with Crippen LogP contribution < -0.4 is 5.01 Å². The Labute approximate surface area is 159 Å². The summed E-state index contributed by atoms with van der Waals surface area (Å²) in [5, 5.41) is 9.78. The molecule has 0 amide bonds. The zero-order chi connectivity index (χ0) is 18.1. The fourth-order valence-electron chi connectivity index (χ4n) is 3.90. The molecule has 0 saturated heterocycles. The van der Waals surface area contributed by atoms with E-state index in [2.05, 4.69) is 102 Å². The van der Waals surface area contributed by atoms with Crippen LogP contribution in [0.3, 0.4) is 0 Å². The first-order valence-corrected chi connectivity index (χ1v) is 9.35. The second-order valence-corrected chi connectivity index (χ2v) is 6.88. The molecule has 1 heterocycles. The third kappa shape index (κ3) is 2.89. The first-order chi connectivity index (χ1) is 13.4. The van der Waals surface area contributed by atoms with Crippen LogP contribution in [0.25, 0.3) is 10.8 Å².